The number of anilines is 2. The maximum Gasteiger partial charge on any atom is 0.225 e. The number of thiazole rings is 1. The molecule has 0 unspecified atom stereocenters. The lowest BCUT2D eigenvalue weighted by Crippen LogP contribution is -2.07. The second-order valence-corrected chi connectivity index (χ2v) is 5.72. The van der Waals surface area contributed by atoms with Crippen LogP contribution in [0.25, 0.3) is 10.9 Å². The Morgan fingerprint density at radius 1 is 1.10 bits per heavy atom. The van der Waals surface area contributed by atoms with Gasteiger partial charge in [0.05, 0.1) is 22.8 Å². The van der Waals surface area contributed by atoms with Gasteiger partial charge < -0.3 is 10.6 Å². The Morgan fingerprint density at radius 2 is 1.95 bits per heavy atom. The number of hydrogen-bond acceptors (Lipinski definition) is 6. The van der Waals surface area contributed by atoms with Gasteiger partial charge in [0.15, 0.2) is 0 Å². The topological polar surface area (TPSA) is 62.7 Å². The van der Waals surface area contributed by atoms with Crippen molar-refractivity contribution in [2.75, 3.05) is 17.2 Å². The average molecular weight is 299 g/mol. The lowest BCUT2D eigenvalue weighted by molar-refractivity contribution is 1.03. The van der Waals surface area contributed by atoms with Crippen molar-refractivity contribution in [1.82, 2.24) is 15.0 Å². The summed E-state index contributed by atoms with van der Waals surface area (Å²) in [6.07, 6.45) is 0. The molecule has 0 spiro atoms. The second-order valence-electron chi connectivity index (χ2n) is 4.65. The number of nitrogens with zero attached hydrogens (tertiary/aromatic N) is 3. The van der Waals surface area contributed by atoms with Crippen molar-refractivity contribution in [2.45, 2.75) is 20.4 Å². The van der Waals surface area contributed by atoms with Crippen molar-refractivity contribution in [3.05, 3.63) is 40.3 Å². The van der Waals surface area contributed by atoms with Crippen LogP contribution in [0.3, 0.4) is 0 Å². The number of benzene rings is 1. The minimum atomic E-state index is 0.646. The van der Waals surface area contributed by atoms with Crippen LogP contribution >= 0.6 is 11.3 Å². The number of fused-ring (bicyclic) bond motifs is 1. The molecule has 5 nitrogen and oxygen atoms in total. The SMILES string of the molecule is CCNc1nc(NCc2csc(C)n2)c2ccccc2n1. The van der Waals surface area contributed by atoms with E-state index < -0.39 is 0 Å². The van der Waals surface area contributed by atoms with E-state index in [9.17, 15) is 0 Å². The van der Waals surface area contributed by atoms with Crippen molar-refractivity contribution in [1.29, 1.82) is 0 Å². The predicted molar refractivity (Wildman–Crippen MR) is 87.9 cm³/mol. The number of aromatic nitrogens is 3. The van der Waals surface area contributed by atoms with E-state index in [-0.39, 0.29) is 0 Å². The molecular weight excluding hydrogens is 282 g/mol. The number of para-hydroxylation sites is 1. The smallest absolute Gasteiger partial charge is 0.225 e. The number of rotatable bonds is 5. The Balaban J connectivity index is 1.91. The molecule has 0 atom stereocenters. The fourth-order valence-corrected chi connectivity index (χ4v) is 2.72. The molecule has 6 heteroatoms. The molecular formula is C15H17N5S. The molecule has 0 saturated carbocycles. The van der Waals surface area contributed by atoms with Gasteiger partial charge in [0.2, 0.25) is 5.95 Å². The van der Waals surface area contributed by atoms with Crippen LogP contribution < -0.4 is 10.6 Å². The van der Waals surface area contributed by atoms with Crippen molar-refractivity contribution >= 4 is 34.0 Å². The van der Waals surface area contributed by atoms with E-state index in [2.05, 4.69) is 31.0 Å². The van der Waals surface area contributed by atoms with E-state index in [4.69, 9.17) is 0 Å². The maximum atomic E-state index is 4.55. The second kappa shape index (κ2) is 6.05. The standard InChI is InChI=1S/C15H17N5S/c1-3-16-15-19-13-7-5-4-6-12(13)14(20-15)17-8-11-9-21-10(2)18-11/h4-7,9H,3,8H2,1-2H3,(H2,16,17,19,20). The van der Waals surface area contributed by atoms with Gasteiger partial charge in [0, 0.05) is 17.3 Å². The highest BCUT2D eigenvalue weighted by atomic mass is 32.1. The molecule has 0 bridgehead atoms. The third-order valence-electron chi connectivity index (χ3n) is 3.04. The van der Waals surface area contributed by atoms with Crippen LogP contribution in [-0.4, -0.2) is 21.5 Å². The minimum Gasteiger partial charge on any atom is -0.364 e. The average Bonchev–Trinajstić information content (AvgIpc) is 2.91. The summed E-state index contributed by atoms with van der Waals surface area (Å²) in [5.41, 5.74) is 1.96. The van der Waals surface area contributed by atoms with Gasteiger partial charge >= 0.3 is 0 Å². The summed E-state index contributed by atoms with van der Waals surface area (Å²) in [7, 11) is 0. The van der Waals surface area contributed by atoms with E-state index in [0.717, 1.165) is 34.0 Å². The highest BCUT2D eigenvalue weighted by molar-refractivity contribution is 7.09. The quantitative estimate of drug-likeness (QED) is 0.755. The summed E-state index contributed by atoms with van der Waals surface area (Å²) in [4.78, 5) is 13.5. The first-order valence-corrected chi connectivity index (χ1v) is 7.79. The van der Waals surface area contributed by atoms with Crippen LogP contribution in [0.15, 0.2) is 29.6 Å². The molecule has 0 aliphatic carbocycles. The van der Waals surface area contributed by atoms with Gasteiger partial charge in [0.25, 0.3) is 0 Å². The zero-order chi connectivity index (χ0) is 14.7. The minimum absolute atomic E-state index is 0.646. The van der Waals surface area contributed by atoms with Crippen LogP contribution in [0.5, 0.6) is 0 Å². The van der Waals surface area contributed by atoms with Gasteiger partial charge in [-0.15, -0.1) is 11.3 Å². The van der Waals surface area contributed by atoms with E-state index in [1.165, 1.54) is 0 Å². The zero-order valence-electron chi connectivity index (χ0n) is 12.1. The molecule has 0 fully saturated rings. The van der Waals surface area contributed by atoms with Crippen LogP contribution in [0.1, 0.15) is 17.6 Å². The summed E-state index contributed by atoms with van der Waals surface area (Å²) in [5.74, 6) is 1.48. The lowest BCUT2D eigenvalue weighted by atomic mass is 10.2. The van der Waals surface area contributed by atoms with Gasteiger partial charge in [-0.05, 0) is 26.0 Å². The summed E-state index contributed by atoms with van der Waals surface area (Å²) in [5, 5.41) is 10.7. The van der Waals surface area contributed by atoms with Crippen LogP contribution in [-0.2, 0) is 6.54 Å². The molecule has 2 N–H and O–H groups in total. The van der Waals surface area contributed by atoms with Crippen LogP contribution in [0, 0.1) is 6.92 Å². The van der Waals surface area contributed by atoms with Crippen molar-refractivity contribution in [3.8, 4) is 0 Å². The molecule has 1 aromatic carbocycles. The summed E-state index contributed by atoms with van der Waals surface area (Å²) in [6, 6.07) is 8.01. The highest BCUT2D eigenvalue weighted by Gasteiger charge is 2.07. The summed E-state index contributed by atoms with van der Waals surface area (Å²) >= 11 is 1.66. The fourth-order valence-electron chi connectivity index (χ4n) is 2.11. The van der Waals surface area contributed by atoms with Gasteiger partial charge in [0.1, 0.15) is 5.82 Å². The number of nitrogens with one attached hydrogen (secondary N) is 2. The third kappa shape index (κ3) is 3.11. The van der Waals surface area contributed by atoms with Gasteiger partial charge in [-0.2, -0.15) is 4.98 Å². The van der Waals surface area contributed by atoms with Gasteiger partial charge in [-0.1, -0.05) is 12.1 Å². The Kier molecular flexibility index (Phi) is 3.96. The Hall–Kier alpha value is -2.21. The molecule has 0 radical (unpaired) electrons. The van der Waals surface area contributed by atoms with Crippen LogP contribution in [0.2, 0.25) is 0 Å². The summed E-state index contributed by atoms with van der Waals surface area (Å²) < 4.78 is 0. The number of aryl methyl sites for hydroxylation is 1. The highest BCUT2D eigenvalue weighted by Crippen LogP contribution is 2.22. The first kappa shape index (κ1) is 13.8. The molecule has 21 heavy (non-hydrogen) atoms. The normalized spacial score (nSPS) is 10.8. The van der Waals surface area contributed by atoms with E-state index in [1.54, 1.807) is 11.3 Å². The Bertz CT molecular complexity index is 753. The van der Waals surface area contributed by atoms with Crippen molar-refractivity contribution in [3.63, 3.8) is 0 Å². The Labute approximate surface area is 127 Å². The molecule has 2 aromatic heterocycles. The third-order valence-corrected chi connectivity index (χ3v) is 3.86. The van der Waals surface area contributed by atoms with Crippen molar-refractivity contribution in [2.24, 2.45) is 0 Å². The molecule has 0 saturated heterocycles. The summed E-state index contributed by atoms with van der Waals surface area (Å²) in [6.45, 7) is 5.50. The predicted octanol–water partition coefficient (Wildman–Crippen LogP) is 3.44. The van der Waals surface area contributed by atoms with Gasteiger partial charge in [-0.25, -0.2) is 9.97 Å². The fraction of sp³-hybridized carbons (Fsp3) is 0.267. The monoisotopic (exact) mass is 299 g/mol. The lowest BCUT2D eigenvalue weighted by Gasteiger charge is -2.10. The first-order chi connectivity index (χ1) is 10.3. The molecule has 0 aliphatic rings. The zero-order valence-corrected chi connectivity index (χ0v) is 12.9. The molecule has 3 rings (SSSR count). The Morgan fingerprint density at radius 3 is 2.71 bits per heavy atom. The number of hydrogen-bond donors (Lipinski definition) is 2. The molecule has 3 aromatic rings. The molecule has 108 valence electrons. The maximum absolute atomic E-state index is 4.55. The van der Waals surface area contributed by atoms with E-state index >= 15 is 0 Å². The first-order valence-electron chi connectivity index (χ1n) is 6.92. The van der Waals surface area contributed by atoms with Gasteiger partial charge in [-0.3, -0.25) is 0 Å². The van der Waals surface area contributed by atoms with E-state index in [0.29, 0.717) is 12.5 Å². The molecule has 2 heterocycles. The molecule has 0 amide bonds. The largest absolute Gasteiger partial charge is 0.364 e. The molecule has 0 aliphatic heterocycles. The van der Waals surface area contributed by atoms with E-state index in [1.807, 2.05) is 38.1 Å². The van der Waals surface area contributed by atoms with Crippen LogP contribution in [0.4, 0.5) is 11.8 Å². The van der Waals surface area contributed by atoms with Crippen molar-refractivity contribution < 1.29 is 0 Å².